The molecule has 0 aromatic heterocycles. The van der Waals surface area contributed by atoms with Crippen LogP contribution < -0.4 is 0 Å². The van der Waals surface area contributed by atoms with Gasteiger partial charge in [-0.2, -0.15) is 0 Å². The Morgan fingerprint density at radius 2 is 1.79 bits per heavy atom. The van der Waals surface area contributed by atoms with Gasteiger partial charge in [0, 0.05) is 6.08 Å². The third kappa shape index (κ3) is 18.1. The molecule has 0 radical (unpaired) electrons. The maximum atomic E-state index is 10.5. The summed E-state index contributed by atoms with van der Waals surface area (Å²) in [7, 11) is 0. The number of hydrogen-bond donors (Lipinski definition) is 2. The van der Waals surface area contributed by atoms with Crippen molar-refractivity contribution < 1.29 is 34.1 Å². The molecule has 0 saturated carbocycles. The number of nitrogens with zero attached hydrogens (tertiary/aromatic N) is 1. The van der Waals surface area contributed by atoms with Gasteiger partial charge in [-0.05, 0) is 6.92 Å². The molecular formula is C11H15NO7. The molecule has 0 aromatic carbocycles. The lowest BCUT2D eigenvalue weighted by Crippen LogP contribution is -2.15. The van der Waals surface area contributed by atoms with Gasteiger partial charge in [-0.15, -0.1) is 0 Å². The first-order valence-electron chi connectivity index (χ1n) is 5.13. The molecule has 8 nitrogen and oxygen atoms in total. The molecule has 19 heavy (non-hydrogen) atoms. The van der Waals surface area contributed by atoms with Crippen molar-refractivity contribution in [3.05, 3.63) is 12.7 Å². The Morgan fingerprint density at radius 3 is 2.11 bits per heavy atom. The number of carbonyl (C=O) groups is 3. The second-order valence-corrected chi connectivity index (χ2v) is 3.17. The van der Waals surface area contributed by atoms with Crippen LogP contribution in [-0.2, 0) is 23.9 Å². The minimum Gasteiger partial charge on any atom is -0.481 e. The smallest absolute Gasteiger partial charge is 0.330 e. The molecule has 0 fully saturated rings. The van der Waals surface area contributed by atoms with E-state index in [-0.39, 0.29) is 19.4 Å². The summed E-state index contributed by atoms with van der Waals surface area (Å²) in [5.74, 6) is -2.67. The SMILES string of the molecule is C=CC(=O)OC(C)CN=C=O.O=C(O)CCC(=O)O. The van der Waals surface area contributed by atoms with E-state index in [9.17, 15) is 19.2 Å². The van der Waals surface area contributed by atoms with Gasteiger partial charge in [-0.3, -0.25) is 9.59 Å². The quantitative estimate of drug-likeness (QED) is 0.296. The fraction of sp³-hybridized carbons (Fsp3) is 0.455. The molecule has 8 heteroatoms. The van der Waals surface area contributed by atoms with E-state index in [2.05, 4.69) is 16.3 Å². The van der Waals surface area contributed by atoms with Gasteiger partial charge in [0.1, 0.15) is 6.10 Å². The normalized spacial score (nSPS) is 9.95. The summed E-state index contributed by atoms with van der Waals surface area (Å²) in [6.07, 6.45) is 1.41. The van der Waals surface area contributed by atoms with Gasteiger partial charge in [0.25, 0.3) is 0 Å². The van der Waals surface area contributed by atoms with Crippen LogP contribution in [0.15, 0.2) is 17.6 Å². The van der Waals surface area contributed by atoms with E-state index in [0.29, 0.717) is 0 Å². The zero-order chi connectivity index (χ0) is 15.3. The first-order chi connectivity index (χ1) is 8.83. The van der Waals surface area contributed by atoms with Crippen molar-refractivity contribution in [2.24, 2.45) is 4.99 Å². The lowest BCUT2D eigenvalue weighted by atomic mass is 10.3. The Labute approximate surface area is 109 Å². The second kappa shape index (κ2) is 12.0. The van der Waals surface area contributed by atoms with E-state index in [0.717, 1.165) is 6.08 Å². The van der Waals surface area contributed by atoms with Crippen LogP contribution in [0.5, 0.6) is 0 Å². The number of carboxylic acids is 2. The number of aliphatic imine (C=N–C) groups is 1. The number of aliphatic carboxylic acids is 2. The van der Waals surface area contributed by atoms with Gasteiger partial charge in [-0.1, -0.05) is 6.58 Å². The molecule has 0 bridgehead atoms. The Kier molecular flexibility index (Phi) is 11.9. The number of hydrogen-bond acceptors (Lipinski definition) is 6. The Balaban J connectivity index is 0. The van der Waals surface area contributed by atoms with Crippen molar-refractivity contribution in [1.29, 1.82) is 0 Å². The van der Waals surface area contributed by atoms with Crippen molar-refractivity contribution in [2.75, 3.05) is 6.54 Å². The van der Waals surface area contributed by atoms with Crippen molar-refractivity contribution in [3.63, 3.8) is 0 Å². The molecular weight excluding hydrogens is 258 g/mol. The van der Waals surface area contributed by atoms with Crippen LogP contribution in [0.2, 0.25) is 0 Å². The highest BCUT2D eigenvalue weighted by Crippen LogP contribution is 1.91. The Morgan fingerprint density at radius 1 is 1.32 bits per heavy atom. The minimum atomic E-state index is -1.08. The van der Waals surface area contributed by atoms with Crippen LogP contribution in [0.1, 0.15) is 19.8 Å². The molecule has 2 N–H and O–H groups in total. The summed E-state index contributed by atoms with van der Waals surface area (Å²) in [5, 5.41) is 15.8. The Bertz CT molecular complexity index is 357. The van der Waals surface area contributed by atoms with Crippen LogP contribution in [0.4, 0.5) is 0 Å². The topological polar surface area (TPSA) is 130 Å². The van der Waals surface area contributed by atoms with Gasteiger partial charge >= 0.3 is 17.9 Å². The number of ether oxygens (including phenoxy) is 1. The first kappa shape index (κ1) is 18.9. The average molecular weight is 273 g/mol. The summed E-state index contributed by atoms with van der Waals surface area (Å²) >= 11 is 0. The molecule has 1 unspecified atom stereocenters. The summed E-state index contributed by atoms with van der Waals surface area (Å²) < 4.78 is 4.67. The molecule has 0 aliphatic rings. The van der Waals surface area contributed by atoms with Gasteiger partial charge in [-0.25, -0.2) is 14.6 Å². The predicted molar refractivity (Wildman–Crippen MR) is 63.2 cm³/mol. The molecule has 0 spiro atoms. The molecule has 0 aliphatic heterocycles. The van der Waals surface area contributed by atoms with E-state index < -0.39 is 24.0 Å². The largest absolute Gasteiger partial charge is 0.481 e. The highest BCUT2D eigenvalue weighted by atomic mass is 16.5. The molecule has 0 amide bonds. The molecule has 106 valence electrons. The lowest BCUT2D eigenvalue weighted by Gasteiger charge is -2.06. The number of isocyanates is 1. The summed E-state index contributed by atoms with van der Waals surface area (Å²) in [4.78, 5) is 42.6. The van der Waals surface area contributed by atoms with Crippen LogP contribution in [-0.4, -0.2) is 46.8 Å². The summed E-state index contributed by atoms with van der Waals surface area (Å²) in [6, 6.07) is 0. The number of carbonyl (C=O) groups excluding carboxylic acids is 2. The Hall–Kier alpha value is -2.47. The van der Waals surface area contributed by atoms with Crippen molar-refractivity contribution >= 4 is 24.0 Å². The van der Waals surface area contributed by atoms with E-state index in [1.807, 2.05) is 0 Å². The molecule has 0 heterocycles. The number of carboxylic acid groups (broad SMARTS) is 2. The van der Waals surface area contributed by atoms with E-state index in [4.69, 9.17) is 10.2 Å². The van der Waals surface area contributed by atoms with E-state index in [1.54, 1.807) is 6.92 Å². The van der Waals surface area contributed by atoms with Crippen LogP contribution in [0, 0.1) is 0 Å². The maximum absolute atomic E-state index is 10.5. The van der Waals surface area contributed by atoms with Crippen molar-refractivity contribution in [1.82, 2.24) is 0 Å². The monoisotopic (exact) mass is 273 g/mol. The molecule has 0 rings (SSSR count). The molecule has 0 saturated heterocycles. The first-order valence-corrected chi connectivity index (χ1v) is 5.13. The van der Waals surface area contributed by atoms with Crippen molar-refractivity contribution in [2.45, 2.75) is 25.9 Å². The standard InChI is InChI=1S/C7H9NO3.C4H6O4/c1-3-7(10)11-6(2)4-8-5-9;5-3(6)1-2-4(7)8/h3,6H,1,4H2,2H3;1-2H2,(H,5,6)(H,7,8). The summed E-state index contributed by atoms with van der Waals surface area (Å²) in [6.45, 7) is 4.98. The van der Waals surface area contributed by atoms with Gasteiger partial charge < -0.3 is 14.9 Å². The van der Waals surface area contributed by atoms with Gasteiger partial charge in [0.15, 0.2) is 0 Å². The maximum Gasteiger partial charge on any atom is 0.330 e. The summed E-state index contributed by atoms with van der Waals surface area (Å²) in [5.41, 5.74) is 0. The van der Waals surface area contributed by atoms with Crippen LogP contribution in [0.3, 0.4) is 0 Å². The van der Waals surface area contributed by atoms with Gasteiger partial charge in [0.05, 0.1) is 19.4 Å². The fourth-order valence-electron chi connectivity index (χ4n) is 0.663. The third-order valence-electron chi connectivity index (χ3n) is 1.45. The average Bonchev–Trinajstić information content (AvgIpc) is 2.34. The minimum absolute atomic E-state index is 0.142. The van der Waals surface area contributed by atoms with E-state index in [1.165, 1.54) is 6.08 Å². The highest BCUT2D eigenvalue weighted by Gasteiger charge is 2.04. The lowest BCUT2D eigenvalue weighted by molar-refractivity contribution is -0.143. The third-order valence-corrected chi connectivity index (χ3v) is 1.45. The number of rotatable bonds is 7. The molecule has 0 aromatic rings. The molecule has 0 aliphatic carbocycles. The van der Waals surface area contributed by atoms with Gasteiger partial charge in [0.2, 0.25) is 6.08 Å². The second-order valence-electron chi connectivity index (χ2n) is 3.17. The highest BCUT2D eigenvalue weighted by molar-refractivity contribution is 5.81. The fourth-order valence-corrected chi connectivity index (χ4v) is 0.663. The van der Waals surface area contributed by atoms with Crippen molar-refractivity contribution in [3.8, 4) is 0 Å². The zero-order valence-electron chi connectivity index (χ0n) is 10.4. The van der Waals surface area contributed by atoms with Crippen LogP contribution >= 0.6 is 0 Å². The molecule has 1 atom stereocenters. The number of esters is 1. The van der Waals surface area contributed by atoms with E-state index >= 15 is 0 Å². The van der Waals surface area contributed by atoms with Crippen LogP contribution in [0.25, 0.3) is 0 Å². The zero-order valence-corrected chi connectivity index (χ0v) is 10.4. The predicted octanol–water partition coefficient (Wildman–Crippen LogP) is 0.376.